The molecule has 0 aromatic heterocycles. The molecule has 0 saturated carbocycles. The Morgan fingerprint density at radius 3 is 2.34 bits per heavy atom. The van der Waals surface area contributed by atoms with E-state index in [1.807, 2.05) is 48.5 Å². The predicted molar refractivity (Wildman–Crippen MR) is 126 cm³/mol. The molecule has 0 unspecified atom stereocenters. The van der Waals surface area contributed by atoms with Crippen LogP contribution in [0.1, 0.15) is 16.7 Å². The Hall–Kier alpha value is -2.68. The topological polar surface area (TPSA) is 75.7 Å². The van der Waals surface area contributed by atoms with E-state index in [-0.39, 0.29) is 17.3 Å². The number of halogens is 1. The Morgan fingerprint density at radius 1 is 1.03 bits per heavy atom. The van der Waals surface area contributed by atoms with E-state index in [9.17, 15) is 13.2 Å². The molecule has 0 spiro atoms. The van der Waals surface area contributed by atoms with Gasteiger partial charge in [-0.05, 0) is 59.5 Å². The van der Waals surface area contributed by atoms with Crippen LogP contribution in [-0.2, 0) is 34.3 Å². The van der Waals surface area contributed by atoms with E-state index in [0.29, 0.717) is 18.7 Å². The molecule has 0 fully saturated rings. The first-order valence-electron chi connectivity index (χ1n) is 10.1. The predicted octanol–water partition coefficient (Wildman–Crippen LogP) is 3.89. The average molecular weight is 515 g/mol. The number of carbonyl (C=O) groups excluding carboxylic acids is 1. The number of hydrogen-bond donors (Lipinski definition) is 1. The third-order valence-corrected chi connectivity index (χ3v) is 7.95. The largest absolute Gasteiger partial charge is 0.497 e. The van der Waals surface area contributed by atoms with Crippen molar-refractivity contribution in [2.24, 2.45) is 0 Å². The third-order valence-electron chi connectivity index (χ3n) is 5.55. The average Bonchev–Trinajstić information content (AvgIpc) is 2.82. The molecule has 8 heteroatoms. The lowest BCUT2D eigenvalue weighted by atomic mass is 9.95. The summed E-state index contributed by atoms with van der Waals surface area (Å²) in [7, 11) is -2.38. The molecule has 1 aliphatic heterocycles. The normalized spacial score (nSPS) is 16.2. The quantitative estimate of drug-likeness (QED) is 0.541. The van der Waals surface area contributed by atoms with Crippen molar-refractivity contribution in [2.75, 3.05) is 7.11 Å². The SMILES string of the molecule is COc1ccc(S(=O)(=O)N2Cc3ccccc3C[C@@H]2C(=O)NCc2ccc(Br)cc2)cc1. The first kappa shape index (κ1) is 22.5. The second kappa shape index (κ2) is 9.44. The van der Waals surface area contributed by atoms with Crippen molar-refractivity contribution in [3.05, 3.63) is 94.0 Å². The Bertz CT molecular complexity index is 1210. The van der Waals surface area contributed by atoms with Gasteiger partial charge < -0.3 is 10.1 Å². The molecule has 3 aromatic carbocycles. The van der Waals surface area contributed by atoms with Crippen molar-refractivity contribution in [3.63, 3.8) is 0 Å². The Balaban J connectivity index is 1.62. The van der Waals surface area contributed by atoms with Crippen molar-refractivity contribution in [1.29, 1.82) is 0 Å². The van der Waals surface area contributed by atoms with Gasteiger partial charge in [-0.15, -0.1) is 0 Å². The van der Waals surface area contributed by atoms with Crippen LogP contribution in [0, 0.1) is 0 Å². The minimum atomic E-state index is -3.90. The van der Waals surface area contributed by atoms with E-state index in [4.69, 9.17) is 4.74 Å². The summed E-state index contributed by atoms with van der Waals surface area (Å²) in [4.78, 5) is 13.3. The number of nitrogens with one attached hydrogen (secondary N) is 1. The van der Waals surface area contributed by atoms with Crippen molar-refractivity contribution in [1.82, 2.24) is 9.62 Å². The summed E-state index contributed by atoms with van der Waals surface area (Å²) in [5.74, 6) is 0.247. The molecule has 1 amide bonds. The molecule has 166 valence electrons. The van der Waals surface area contributed by atoms with Crippen LogP contribution < -0.4 is 10.1 Å². The van der Waals surface area contributed by atoms with Gasteiger partial charge in [0.1, 0.15) is 11.8 Å². The number of hydrogen-bond acceptors (Lipinski definition) is 4. The number of benzene rings is 3. The summed E-state index contributed by atoms with van der Waals surface area (Å²) in [5.41, 5.74) is 2.82. The number of sulfonamides is 1. The van der Waals surface area contributed by atoms with Gasteiger partial charge in [-0.25, -0.2) is 8.42 Å². The Morgan fingerprint density at radius 2 is 1.69 bits per heavy atom. The van der Waals surface area contributed by atoms with E-state index in [1.165, 1.54) is 23.5 Å². The Labute approximate surface area is 196 Å². The monoisotopic (exact) mass is 514 g/mol. The molecule has 1 heterocycles. The fourth-order valence-corrected chi connectivity index (χ4v) is 5.60. The first-order valence-corrected chi connectivity index (χ1v) is 12.4. The second-order valence-electron chi connectivity index (χ2n) is 7.56. The highest BCUT2D eigenvalue weighted by molar-refractivity contribution is 9.10. The summed E-state index contributed by atoms with van der Waals surface area (Å²) >= 11 is 3.40. The van der Waals surface area contributed by atoms with Gasteiger partial charge in [-0.1, -0.05) is 52.3 Å². The van der Waals surface area contributed by atoms with Gasteiger partial charge in [0, 0.05) is 17.6 Å². The van der Waals surface area contributed by atoms with Crippen LogP contribution >= 0.6 is 15.9 Å². The summed E-state index contributed by atoms with van der Waals surface area (Å²) in [6.45, 7) is 0.460. The lowest BCUT2D eigenvalue weighted by Gasteiger charge is -2.35. The third kappa shape index (κ3) is 4.72. The van der Waals surface area contributed by atoms with Crippen LogP contribution in [0.4, 0.5) is 0 Å². The number of rotatable bonds is 6. The molecule has 32 heavy (non-hydrogen) atoms. The fraction of sp³-hybridized carbons (Fsp3) is 0.208. The van der Waals surface area contributed by atoms with Gasteiger partial charge in [0.2, 0.25) is 15.9 Å². The molecule has 0 saturated heterocycles. The second-order valence-corrected chi connectivity index (χ2v) is 10.4. The molecule has 0 bridgehead atoms. The lowest BCUT2D eigenvalue weighted by molar-refractivity contribution is -0.125. The van der Waals surface area contributed by atoms with Crippen LogP contribution in [0.2, 0.25) is 0 Å². The number of ether oxygens (including phenoxy) is 1. The highest BCUT2D eigenvalue weighted by Gasteiger charge is 2.39. The number of amides is 1. The van der Waals surface area contributed by atoms with E-state index < -0.39 is 16.1 Å². The van der Waals surface area contributed by atoms with Crippen molar-refractivity contribution in [2.45, 2.75) is 30.4 Å². The molecular formula is C24H23BrN2O4S. The van der Waals surface area contributed by atoms with Crippen LogP contribution in [0.5, 0.6) is 5.75 Å². The molecule has 1 atom stereocenters. The minimum absolute atomic E-state index is 0.128. The molecular weight excluding hydrogens is 492 g/mol. The van der Waals surface area contributed by atoms with Gasteiger partial charge in [0.15, 0.2) is 0 Å². The number of carbonyl (C=O) groups is 1. The molecule has 3 aromatic rings. The van der Waals surface area contributed by atoms with Crippen molar-refractivity contribution < 1.29 is 17.9 Å². The zero-order valence-electron chi connectivity index (χ0n) is 17.5. The highest BCUT2D eigenvalue weighted by Crippen LogP contribution is 2.30. The van der Waals surface area contributed by atoms with Gasteiger partial charge in [-0.2, -0.15) is 4.31 Å². The number of nitrogens with zero attached hydrogens (tertiary/aromatic N) is 1. The number of fused-ring (bicyclic) bond motifs is 1. The minimum Gasteiger partial charge on any atom is -0.497 e. The van der Waals surface area contributed by atoms with E-state index in [2.05, 4.69) is 21.2 Å². The van der Waals surface area contributed by atoms with Crippen LogP contribution in [0.25, 0.3) is 0 Å². The van der Waals surface area contributed by atoms with E-state index in [1.54, 1.807) is 12.1 Å². The molecule has 0 aliphatic carbocycles. The van der Waals surface area contributed by atoms with Crippen LogP contribution in [0.3, 0.4) is 0 Å². The fourth-order valence-electron chi connectivity index (χ4n) is 3.77. The van der Waals surface area contributed by atoms with E-state index in [0.717, 1.165) is 21.2 Å². The summed E-state index contributed by atoms with van der Waals surface area (Å²) in [6, 6.07) is 20.6. The summed E-state index contributed by atoms with van der Waals surface area (Å²) in [5, 5.41) is 2.91. The number of methoxy groups -OCH3 is 1. The summed E-state index contributed by atoms with van der Waals surface area (Å²) in [6.07, 6.45) is 0.317. The lowest BCUT2D eigenvalue weighted by Crippen LogP contribution is -2.52. The smallest absolute Gasteiger partial charge is 0.244 e. The Kier molecular flexibility index (Phi) is 6.64. The van der Waals surface area contributed by atoms with E-state index >= 15 is 0 Å². The van der Waals surface area contributed by atoms with Gasteiger partial charge >= 0.3 is 0 Å². The van der Waals surface area contributed by atoms with Crippen molar-refractivity contribution in [3.8, 4) is 5.75 Å². The van der Waals surface area contributed by atoms with Crippen LogP contribution in [-0.4, -0.2) is 31.8 Å². The maximum absolute atomic E-state index is 13.5. The first-order chi connectivity index (χ1) is 15.4. The highest BCUT2D eigenvalue weighted by atomic mass is 79.9. The van der Waals surface area contributed by atoms with Gasteiger partial charge in [-0.3, -0.25) is 4.79 Å². The molecule has 4 rings (SSSR count). The molecule has 0 radical (unpaired) electrons. The molecule has 1 N–H and O–H groups in total. The van der Waals surface area contributed by atoms with Crippen molar-refractivity contribution >= 4 is 31.9 Å². The zero-order valence-corrected chi connectivity index (χ0v) is 19.9. The maximum atomic E-state index is 13.5. The maximum Gasteiger partial charge on any atom is 0.244 e. The van der Waals surface area contributed by atoms with Gasteiger partial charge in [0.25, 0.3) is 0 Å². The summed E-state index contributed by atoms with van der Waals surface area (Å²) < 4.78 is 34.4. The molecule has 1 aliphatic rings. The molecule has 6 nitrogen and oxygen atoms in total. The zero-order chi connectivity index (χ0) is 22.7. The standard InChI is InChI=1S/C24H23BrN2O4S/c1-31-21-10-12-22(13-11-21)32(29,30)27-16-19-5-3-2-4-18(19)14-23(27)24(28)26-15-17-6-8-20(25)9-7-17/h2-13,23H,14-16H2,1H3,(H,26,28)/t23-/m1/s1. The van der Waals surface area contributed by atoms with Crippen LogP contribution in [0.15, 0.2) is 82.2 Å². The van der Waals surface area contributed by atoms with Gasteiger partial charge in [0.05, 0.1) is 12.0 Å².